The maximum Gasteiger partial charge on any atom is 0.225 e. The van der Waals surface area contributed by atoms with E-state index in [0.717, 1.165) is 24.9 Å². The van der Waals surface area contributed by atoms with Gasteiger partial charge < -0.3 is 19.8 Å². The molecule has 0 aliphatic carbocycles. The molecule has 0 bridgehead atoms. The molecule has 1 heterocycles. The summed E-state index contributed by atoms with van der Waals surface area (Å²) in [4.78, 5) is 14.4. The van der Waals surface area contributed by atoms with E-state index in [0.29, 0.717) is 19.6 Å². The molecule has 0 aromatic heterocycles. The zero-order valence-electron chi connectivity index (χ0n) is 13.3. The van der Waals surface area contributed by atoms with Gasteiger partial charge in [-0.05, 0) is 43.9 Å². The summed E-state index contributed by atoms with van der Waals surface area (Å²) in [7, 11) is 0. The highest BCUT2D eigenvalue weighted by Crippen LogP contribution is 2.26. The number of benzene rings is 1. The van der Waals surface area contributed by atoms with E-state index in [4.69, 9.17) is 4.74 Å². The summed E-state index contributed by atoms with van der Waals surface area (Å²) in [5.41, 5.74) is 0.842. The molecule has 0 radical (unpaired) electrons. The molecule has 1 saturated heterocycles. The van der Waals surface area contributed by atoms with Gasteiger partial charge in [-0.25, -0.2) is 0 Å². The molecule has 1 aromatic rings. The average Bonchev–Trinajstić information content (AvgIpc) is 2.51. The van der Waals surface area contributed by atoms with Gasteiger partial charge in [-0.3, -0.25) is 4.79 Å². The molecule has 5 nitrogen and oxygen atoms in total. The van der Waals surface area contributed by atoms with E-state index < -0.39 is 0 Å². The van der Waals surface area contributed by atoms with Crippen molar-refractivity contribution in [3.05, 3.63) is 23.8 Å². The van der Waals surface area contributed by atoms with E-state index in [1.165, 1.54) is 12.1 Å². The normalized spacial score (nSPS) is 19.9. The lowest BCUT2D eigenvalue weighted by atomic mass is 9.98. The van der Waals surface area contributed by atoms with Gasteiger partial charge in [0, 0.05) is 25.6 Å². The maximum absolute atomic E-state index is 12.6. The summed E-state index contributed by atoms with van der Waals surface area (Å²) in [6.07, 6.45) is 2.68. The molecule has 0 unspecified atom stereocenters. The first kappa shape index (κ1) is 16.6. The predicted molar refractivity (Wildman–Crippen MR) is 83.9 cm³/mol. The van der Waals surface area contributed by atoms with Crippen LogP contribution in [0.25, 0.3) is 0 Å². The zero-order chi connectivity index (χ0) is 16.1. The van der Waals surface area contributed by atoms with Gasteiger partial charge in [0.1, 0.15) is 0 Å². The summed E-state index contributed by atoms with van der Waals surface area (Å²) >= 11 is 0. The Kier molecular flexibility index (Phi) is 5.66. The van der Waals surface area contributed by atoms with Crippen LogP contribution in [0.3, 0.4) is 0 Å². The van der Waals surface area contributed by atoms with E-state index in [1.807, 2.05) is 18.7 Å². The van der Waals surface area contributed by atoms with Gasteiger partial charge >= 0.3 is 0 Å². The lowest BCUT2D eigenvalue weighted by Crippen LogP contribution is -2.45. The minimum atomic E-state index is -0.163. The second-order valence-electron chi connectivity index (χ2n) is 5.93. The van der Waals surface area contributed by atoms with Crippen LogP contribution in [0.4, 0.5) is 0 Å². The molecule has 1 aromatic carbocycles. The number of rotatable bonds is 5. The lowest BCUT2D eigenvalue weighted by Gasteiger charge is -2.34. The Morgan fingerprint density at radius 2 is 2.18 bits per heavy atom. The highest BCUT2D eigenvalue weighted by atomic mass is 16.5. The summed E-state index contributed by atoms with van der Waals surface area (Å²) in [6, 6.07) is 4.70. The average molecular weight is 307 g/mol. The fourth-order valence-electron chi connectivity index (χ4n) is 2.96. The number of aromatic hydroxyl groups is 2. The monoisotopic (exact) mass is 307 g/mol. The van der Waals surface area contributed by atoms with Crippen LogP contribution in [0, 0.1) is 5.92 Å². The summed E-state index contributed by atoms with van der Waals surface area (Å²) < 4.78 is 5.64. The topological polar surface area (TPSA) is 70.0 Å². The van der Waals surface area contributed by atoms with E-state index in [1.54, 1.807) is 6.07 Å². The Hall–Kier alpha value is -1.75. The van der Waals surface area contributed by atoms with Crippen LogP contribution in [-0.4, -0.2) is 46.8 Å². The molecular formula is C17H25NO4. The Bertz CT molecular complexity index is 515. The number of amides is 1. The predicted octanol–water partition coefficient (Wildman–Crippen LogP) is 2.30. The largest absolute Gasteiger partial charge is 0.504 e. The quantitative estimate of drug-likeness (QED) is 0.819. The van der Waals surface area contributed by atoms with Crippen LogP contribution in [0.2, 0.25) is 0 Å². The summed E-state index contributed by atoms with van der Waals surface area (Å²) in [5, 5.41) is 18.9. The molecule has 1 amide bonds. The van der Waals surface area contributed by atoms with Crippen molar-refractivity contribution in [3.8, 4) is 11.5 Å². The molecule has 2 N–H and O–H groups in total. The second-order valence-corrected chi connectivity index (χ2v) is 5.93. The van der Waals surface area contributed by atoms with E-state index in [9.17, 15) is 15.0 Å². The van der Waals surface area contributed by atoms with E-state index >= 15 is 0 Å². The van der Waals surface area contributed by atoms with Crippen molar-refractivity contribution in [2.24, 2.45) is 5.92 Å². The molecule has 2 rings (SSSR count). The van der Waals surface area contributed by atoms with Gasteiger partial charge in [0.05, 0.1) is 6.10 Å². The number of carbonyl (C=O) groups excluding carboxylic acids is 1. The molecule has 0 saturated carbocycles. The number of piperidine rings is 1. The van der Waals surface area contributed by atoms with Gasteiger partial charge in [0.2, 0.25) is 5.91 Å². The fraction of sp³-hybridized carbons (Fsp3) is 0.588. The minimum absolute atomic E-state index is 0.122. The van der Waals surface area contributed by atoms with Crippen LogP contribution in [0.1, 0.15) is 32.3 Å². The third kappa shape index (κ3) is 4.13. The Morgan fingerprint density at radius 3 is 2.86 bits per heavy atom. The van der Waals surface area contributed by atoms with Crippen molar-refractivity contribution in [2.45, 2.75) is 39.2 Å². The van der Waals surface area contributed by atoms with E-state index in [-0.39, 0.29) is 29.4 Å². The maximum atomic E-state index is 12.6. The molecule has 1 aliphatic rings. The highest BCUT2D eigenvalue weighted by molar-refractivity contribution is 5.79. The number of hydrogen-bond acceptors (Lipinski definition) is 4. The Morgan fingerprint density at radius 1 is 1.41 bits per heavy atom. The number of ether oxygens (including phenoxy) is 1. The van der Waals surface area contributed by atoms with Crippen LogP contribution < -0.4 is 0 Å². The van der Waals surface area contributed by atoms with Crippen LogP contribution >= 0.6 is 0 Å². The molecule has 122 valence electrons. The summed E-state index contributed by atoms with van der Waals surface area (Å²) in [5.74, 6) is -0.328. The molecule has 1 aliphatic heterocycles. The third-order valence-electron chi connectivity index (χ3n) is 4.10. The van der Waals surface area contributed by atoms with Crippen molar-refractivity contribution in [3.63, 3.8) is 0 Å². The lowest BCUT2D eigenvalue weighted by molar-refractivity contribution is -0.139. The minimum Gasteiger partial charge on any atom is -0.504 e. The van der Waals surface area contributed by atoms with Gasteiger partial charge in [-0.1, -0.05) is 13.0 Å². The first-order chi connectivity index (χ1) is 10.5. The van der Waals surface area contributed by atoms with E-state index in [2.05, 4.69) is 0 Å². The Labute approximate surface area is 131 Å². The molecule has 22 heavy (non-hydrogen) atoms. The number of hydrogen-bond donors (Lipinski definition) is 2. The van der Waals surface area contributed by atoms with Crippen molar-refractivity contribution < 1.29 is 19.7 Å². The second kappa shape index (κ2) is 7.49. The number of phenolic OH excluding ortho intramolecular Hbond substituents is 2. The number of carbonyl (C=O) groups is 1. The zero-order valence-corrected chi connectivity index (χ0v) is 13.3. The highest BCUT2D eigenvalue weighted by Gasteiger charge is 2.27. The van der Waals surface area contributed by atoms with Crippen molar-refractivity contribution in [1.82, 2.24) is 4.90 Å². The number of phenols is 2. The molecular weight excluding hydrogens is 282 g/mol. The van der Waals surface area contributed by atoms with Crippen molar-refractivity contribution in [1.29, 1.82) is 0 Å². The smallest absolute Gasteiger partial charge is 0.225 e. The third-order valence-corrected chi connectivity index (χ3v) is 4.10. The van der Waals surface area contributed by atoms with Gasteiger partial charge in [-0.2, -0.15) is 0 Å². The molecule has 5 heteroatoms. The Balaban J connectivity index is 1.94. The van der Waals surface area contributed by atoms with Crippen LogP contribution in [0.5, 0.6) is 11.5 Å². The first-order valence-electron chi connectivity index (χ1n) is 7.92. The van der Waals surface area contributed by atoms with Crippen molar-refractivity contribution in [2.75, 3.05) is 19.7 Å². The van der Waals surface area contributed by atoms with Gasteiger partial charge in [-0.15, -0.1) is 0 Å². The fourth-order valence-corrected chi connectivity index (χ4v) is 2.96. The van der Waals surface area contributed by atoms with Crippen LogP contribution in [-0.2, 0) is 16.0 Å². The van der Waals surface area contributed by atoms with Crippen LogP contribution in [0.15, 0.2) is 18.2 Å². The first-order valence-corrected chi connectivity index (χ1v) is 7.92. The number of nitrogens with zero attached hydrogens (tertiary/aromatic N) is 1. The van der Waals surface area contributed by atoms with Gasteiger partial charge in [0.25, 0.3) is 0 Å². The number of likely N-dealkylation sites (tertiary alicyclic amines) is 1. The molecule has 2 atom stereocenters. The van der Waals surface area contributed by atoms with Gasteiger partial charge in [0.15, 0.2) is 11.5 Å². The molecule has 0 spiro atoms. The summed E-state index contributed by atoms with van der Waals surface area (Å²) in [6.45, 7) is 6.00. The SMILES string of the molecule is CCO[C@H]1CCCN(C(=O)[C@@H](C)Cc2ccc(O)c(O)c2)C1. The standard InChI is InChI=1S/C17H25NO4/c1-3-22-14-5-4-8-18(11-14)17(21)12(2)9-13-6-7-15(19)16(20)10-13/h6-7,10,12,14,19-20H,3-5,8-9,11H2,1-2H3/t12-,14-/m0/s1. The molecule has 1 fully saturated rings. The van der Waals surface area contributed by atoms with Crippen molar-refractivity contribution >= 4 is 5.91 Å².